The summed E-state index contributed by atoms with van der Waals surface area (Å²) < 4.78 is 7.12. The topological polar surface area (TPSA) is 63.2 Å². The summed E-state index contributed by atoms with van der Waals surface area (Å²) in [6.45, 7) is 0. The van der Waals surface area contributed by atoms with Gasteiger partial charge >= 0.3 is 0 Å². The molecule has 5 nitrogen and oxygen atoms in total. The van der Waals surface area contributed by atoms with Crippen molar-refractivity contribution in [1.29, 1.82) is 5.26 Å². The van der Waals surface area contributed by atoms with Gasteiger partial charge < -0.3 is 4.74 Å². The molecule has 0 N–H and O–H groups in total. The maximum Gasteiger partial charge on any atom is 0.182 e. The van der Waals surface area contributed by atoms with Crippen LogP contribution in [0.25, 0.3) is 16.3 Å². The van der Waals surface area contributed by atoms with Crippen LogP contribution in [0.4, 0.5) is 0 Å². The zero-order valence-corrected chi connectivity index (χ0v) is 10.3. The van der Waals surface area contributed by atoms with Crippen LogP contribution in [0, 0.1) is 11.3 Å². The van der Waals surface area contributed by atoms with Crippen LogP contribution in [-0.2, 0) is 0 Å². The van der Waals surface area contributed by atoms with Crippen LogP contribution in [0.15, 0.2) is 29.8 Å². The predicted molar refractivity (Wildman–Crippen MR) is 67.6 cm³/mol. The van der Waals surface area contributed by atoms with Gasteiger partial charge in [0.05, 0.1) is 18.7 Å². The van der Waals surface area contributed by atoms with E-state index in [0.717, 1.165) is 16.5 Å². The molecule has 0 saturated heterocycles. The van der Waals surface area contributed by atoms with Crippen molar-refractivity contribution < 1.29 is 4.74 Å². The summed E-state index contributed by atoms with van der Waals surface area (Å²) in [4.78, 5) is 0.926. The van der Waals surface area contributed by atoms with E-state index in [-0.39, 0.29) is 0 Å². The van der Waals surface area contributed by atoms with Crippen LogP contribution >= 0.6 is 11.3 Å². The van der Waals surface area contributed by atoms with Gasteiger partial charge in [-0.05, 0) is 17.5 Å². The number of aromatic nitrogens is 3. The third-order valence-electron chi connectivity index (χ3n) is 2.59. The quantitative estimate of drug-likeness (QED) is 0.706. The van der Waals surface area contributed by atoms with Crippen LogP contribution in [0.1, 0.15) is 5.56 Å². The Bertz CT molecular complexity index is 753. The van der Waals surface area contributed by atoms with Crippen molar-refractivity contribution >= 4 is 17.0 Å². The third-order valence-corrected chi connectivity index (χ3v) is 3.48. The smallest absolute Gasteiger partial charge is 0.182 e. The van der Waals surface area contributed by atoms with E-state index in [0.29, 0.717) is 11.2 Å². The molecule has 0 bridgehead atoms. The number of hydrogen-bond acceptors (Lipinski definition) is 5. The molecule has 3 heterocycles. The first-order valence-electron chi connectivity index (χ1n) is 5.20. The van der Waals surface area contributed by atoms with Gasteiger partial charge in [-0.15, -0.1) is 21.5 Å². The molecule has 0 fully saturated rings. The van der Waals surface area contributed by atoms with E-state index in [9.17, 15) is 0 Å². The zero-order valence-electron chi connectivity index (χ0n) is 9.49. The van der Waals surface area contributed by atoms with Crippen LogP contribution in [0.3, 0.4) is 0 Å². The minimum absolute atomic E-state index is 0.569. The molecule has 3 aromatic heterocycles. The number of pyridine rings is 1. The molecule has 0 aromatic carbocycles. The van der Waals surface area contributed by atoms with Gasteiger partial charge in [0.1, 0.15) is 10.6 Å². The van der Waals surface area contributed by atoms with Gasteiger partial charge in [0.2, 0.25) is 0 Å². The Hall–Kier alpha value is -2.39. The molecule has 0 spiro atoms. The third kappa shape index (κ3) is 1.53. The van der Waals surface area contributed by atoms with Gasteiger partial charge in [0, 0.05) is 12.3 Å². The van der Waals surface area contributed by atoms with E-state index in [1.807, 2.05) is 15.8 Å². The molecule has 18 heavy (non-hydrogen) atoms. The molecule has 3 aromatic rings. The van der Waals surface area contributed by atoms with Crippen LogP contribution in [-0.4, -0.2) is 21.7 Å². The molecule has 0 amide bonds. The highest BCUT2D eigenvalue weighted by Gasteiger charge is 2.14. The molecule has 0 radical (unpaired) electrons. The lowest BCUT2D eigenvalue weighted by Gasteiger charge is -2.00. The number of ether oxygens (including phenoxy) is 1. The van der Waals surface area contributed by atoms with Crippen molar-refractivity contribution in [3.8, 4) is 22.5 Å². The maximum atomic E-state index is 8.84. The van der Waals surface area contributed by atoms with Crippen molar-refractivity contribution in [3.63, 3.8) is 0 Å². The Balaban J connectivity index is 2.22. The highest BCUT2D eigenvalue weighted by atomic mass is 32.1. The Labute approximate surface area is 107 Å². The molecule has 3 rings (SSSR count). The first kappa shape index (κ1) is 10.7. The van der Waals surface area contributed by atoms with Crippen molar-refractivity contribution in [1.82, 2.24) is 14.6 Å². The number of thiophene rings is 1. The van der Waals surface area contributed by atoms with Gasteiger partial charge in [-0.2, -0.15) is 5.26 Å². The van der Waals surface area contributed by atoms with E-state index in [1.54, 1.807) is 36.8 Å². The Morgan fingerprint density at radius 2 is 2.28 bits per heavy atom. The minimum Gasteiger partial charge on any atom is -0.495 e. The monoisotopic (exact) mass is 256 g/mol. The average Bonchev–Trinajstić information content (AvgIpc) is 3.03. The van der Waals surface area contributed by atoms with Crippen LogP contribution in [0.5, 0.6) is 5.75 Å². The predicted octanol–water partition coefficient (Wildman–Crippen LogP) is 2.34. The Morgan fingerprint density at radius 1 is 1.39 bits per heavy atom. The van der Waals surface area contributed by atoms with Gasteiger partial charge in [-0.1, -0.05) is 0 Å². The second-order valence-electron chi connectivity index (χ2n) is 3.60. The number of hydrogen-bond donors (Lipinski definition) is 0. The maximum absolute atomic E-state index is 8.84. The average molecular weight is 256 g/mol. The standard InChI is InChI=1S/C12H8N4OS/c1-17-9-3-5-18-11(9)12-15-14-10-6-8(7-13)2-4-16(10)12/h2-6H,1H3. The number of fused-ring (bicyclic) bond motifs is 1. The summed E-state index contributed by atoms with van der Waals surface area (Å²) in [6, 6.07) is 7.42. The van der Waals surface area contributed by atoms with Crippen molar-refractivity contribution in [2.75, 3.05) is 7.11 Å². The summed E-state index contributed by atoms with van der Waals surface area (Å²) in [5.41, 5.74) is 1.22. The lowest BCUT2D eigenvalue weighted by molar-refractivity contribution is 0.418. The summed E-state index contributed by atoms with van der Waals surface area (Å²) in [7, 11) is 1.63. The van der Waals surface area contributed by atoms with Crippen LogP contribution in [0.2, 0.25) is 0 Å². The normalized spacial score (nSPS) is 10.4. The molecule has 0 unspecified atom stereocenters. The summed E-state index contributed by atoms with van der Waals surface area (Å²) >= 11 is 1.54. The number of nitrogens with zero attached hydrogens (tertiary/aromatic N) is 4. The van der Waals surface area contributed by atoms with E-state index >= 15 is 0 Å². The molecular weight excluding hydrogens is 248 g/mol. The second-order valence-corrected chi connectivity index (χ2v) is 4.51. The Morgan fingerprint density at radius 3 is 3.06 bits per heavy atom. The van der Waals surface area contributed by atoms with E-state index in [4.69, 9.17) is 10.00 Å². The molecule has 0 aliphatic carbocycles. The fourth-order valence-corrected chi connectivity index (χ4v) is 2.58. The summed E-state index contributed by atoms with van der Waals surface area (Å²) in [5, 5.41) is 19.0. The van der Waals surface area contributed by atoms with Crippen LogP contribution < -0.4 is 4.74 Å². The highest BCUT2D eigenvalue weighted by Crippen LogP contribution is 2.34. The number of methoxy groups -OCH3 is 1. The fourth-order valence-electron chi connectivity index (χ4n) is 1.74. The summed E-state index contributed by atoms with van der Waals surface area (Å²) in [6.07, 6.45) is 1.79. The molecule has 0 aliphatic rings. The van der Waals surface area contributed by atoms with Gasteiger partial charge in [0.15, 0.2) is 11.5 Å². The molecule has 88 valence electrons. The first-order valence-corrected chi connectivity index (χ1v) is 6.08. The minimum atomic E-state index is 0.569. The lowest BCUT2D eigenvalue weighted by atomic mass is 10.3. The number of rotatable bonds is 2. The van der Waals surface area contributed by atoms with E-state index in [1.165, 1.54) is 0 Å². The fraction of sp³-hybridized carbons (Fsp3) is 0.0833. The van der Waals surface area contributed by atoms with Gasteiger partial charge in [-0.25, -0.2) is 0 Å². The molecule has 6 heteroatoms. The van der Waals surface area contributed by atoms with Gasteiger partial charge in [0.25, 0.3) is 0 Å². The van der Waals surface area contributed by atoms with Crippen molar-refractivity contribution in [2.24, 2.45) is 0 Å². The van der Waals surface area contributed by atoms with Crippen molar-refractivity contribution in [3.05, 3.63) is 35.3 Å². The first-order chi connectivity index (χ1) is 8.83. The van der Waals surface area contributed by atoms with E-state index < -0.39 is 0 Å². The Kier molecular flexibility index (Phi) is 2.46. The number of nitriles is 1. The molecule has 0 aliphatic heterocycles. The highest BCUT2D eigenvalue weighted by molar-refractivity contribution is 7.13. The van der Waals surface area contributed by atoms with Gasteiger partial charge in [-0.3, -0.25) is 4.40 Å². The molecule has 0 saturated carbocycles. The summed E-state index contributed by atoms with van der Waals surface area (Å²) in [5.74, 6) is 1.50. The SMILES string of the molecule is COc1ccsc1-c1nnc2cc(C#N)ccn12. The van der Waals surface area contributed by atoms with Crippen molar-refractivity contribution in [2.45, 2.75) is 0 Å². The molecular formula is C12H8N4OS. The zero-order chi connectivity index (χ0) is 12.5. The second kappa shape index (κ2) is 4.13. The lowest BCUT2D eigenvalue weighted by Crippen LogP contribution is -1.90. The largest absolute Gasteiger partial charge is 0.495 e. The van der Waals surface area contributed by atoms with E-state index in [2.05, 4.69) is 16.3 Å². The molecule has 0 atom stereocenters.